The quantitative estimate of drug-likeness (QED) is 0.543. The maximum absolute atomic E-state index is 13.7. The zero-order valence-corrected chi connectivity index (χ0v) is 11.0. The number of carboxylic acid groups (broad SMARTS) is 1. The van der Waals surface area contributed by atoms with E-state index < -0.39 is 33.4 Å². The van der Waals surface area contributed by atoms with E-state index in [0.29, 0.717) is 6.07 Å². The first-order valence-electron chi connectivity index (χ1n) is 5.74. The summed E-state index contributed by atoms with van der Waals surface area (Å²) in [6, 6.07) is 1.45. The van der Waals surface area contributed by atoms with Gasteiger partial charge in [0.25, 0.3) is 5.69 Å². The Balaban J connectivity index is 3.13. The summed E-state index contributed by atoms with van der Waals surface area (Å²) in [7, 11) is 0. The number of nitrogens with zero attached hydrogens (tertiary/aromatic N) is 1. The van der Waals surface area contributed by atoms with Gasteiger partial charge in [-0.1, -0.05) is 13.8 Å². The second-order valence-corrected chi connectivity index (χ2v) is 5.09. The summed E-state index contributed by atoms with van der Waals surface area (Å²) in [4.78, 5) is 20.7. The fourth-order valence-corrected chi connectivity index (χ4v) is 1.41. The van der Waals surface area contributed by atoms with Crippen LogP contribution in [0.3, 0.4) is 0 Å². The molecule has 3 N–H and O–H groups in total. The molecule has 7 nitrogen and oxygen atoms in total. The first kappa shape index (κ1) is 15.8. The molecule has 1 aromatic rings. The van der Waals surface area contributed by atoms with Gasteiger partial charge in [0.05, 0.1) is 16.7 Å². The SMILES string of the molecule is CC(C)(CO)CNc1cc(C(=O)O)c([N+](=O)[O-])cc1F. The van der Waals surface area contributed by atoms with Crippen LogP contribution < -0.4 is 5.32 Å². The number of carboxylic acids is 1. The summed E-state index contributed by atoms with van der Waals surface area (Å²) >= 11 is 0. The Labute approximate surface area is 114 Å². The molecule has 0 aliphatic rings. The number of nitrogens with one attached hydrogen (secondary N) is 1. The zero-order chi connectivity index (χ0) is 15.5. The summed E-state index contributed by atoms with van der Waals surface area (Å²) in [5.74, 6) is -2.43. The Hall–Kier alpha value is -2.22. The van der Waals surface area contributed by atoms with Crippen LogP contribution in [0.5, 0.6) is 0 Å². The van der Waals surface area contributed by atoms with E-state index >= 15 is 0 Å². The molecule has 20 heavy (non-hydrogen) atoms. The van der Waals surface area contributed by atoms with Crippen LogP contribution in [0.25, 0.3) is 0 Å². The van der Waals surface area contributed by atoms with Gasteiger partial charge in [0.1, 0.15) is 5.56 Å². The molecule has 0 amide bonds. The lowest BCUT2D eigenvalue weighted by Crippen LogP contribution is -2.27. The van der Waals surface area contributed by atoms with Crippen LogP contribution in [0.2, 0.25) is 0 Å². The molecule has 0 spiro atoms. The molecular weight excluding hydrogens is 271 g/mol. The number of halogens is 1. The lowest BCUT2D eigenvalue weighted by Gasteiger charge is -2.22. The van der Waals surface area contributed by atoms with E-state index in [1.54, 1.807) is 13.8 Å². The highest BCUT2D eigenvalue weighted by molar-refractivity contribution is 5.93. The van der Waals surface area contributed by atoms with Gasteiger partial charge in [-0.05, 0) is 6.07 Å². The first-order valence-corrected chi connectivity index (χ1v) is 5.74. The van der Waals surface area contributed by atoms with Crippen LogP contribution in [-0.4, -0.2) is 34.3 Å². The maximum Gasteiger partial charge on any atom is 0.342 e. The number of hydrogen-bond donors (Lipinski definition) is 3. The number of aromatic carboxylic acids is 1. The molecule has 0 atom stereocenters. The molecule has 0 heterocycles. The Kier molecular flexibility index (Phi) is 4.61. The molecule has 110 valence electrons. The van der Waals surface area contributed by atoms with Crippen LogP contribution >= 0.6 is 0 Å². The fraction of sp³-hybridized carbons (Fsp3) is 0.417. The van der Waals surface area contributed by atoms with Crippen molar-refractivity contribution in [1.82, 2.24) is 0 Å². The van der Waals surface area contributed by atoms with Crippen LogP contribution in [0.4, 0.5) is 15.8 Å². The monoisotopic (exact) mass is 286 g/mol. The van der Waals surface area contributed by atoms with Crippen molar-refractivity contribution >= 4 is 17.3 Å². The van der Waals surface area contributed by atoms with E-state index in [0.717, 1.165) is 6.07 Å². The third-order valence-electron chi connectivity index (χ3n) is 2.70. The van der Waals surface area contributed by atoms with E-state index in [2.05, 4.69) is 5.32 Å². The molecule has 0 bridgehead atoms. The topological polar surface area (TPSA) is 113 Å². The number of aliphatic hydroxyl groups excluding tert-OH is 1. The summed E-state index contributed by atoms with van der Waals surface area (Å²) in [6.07, 6.45) is 0. The normalized spacial score (nSPS) is 11.2. The average Bonchev–Trinajstić information content (AvgIpc) is 2.36. The number of nitro benzene ring substituents is 1. The van der Waals surface area contributed by atoms with Gasteiger partial charge in [0.15, 0.2) is 5.82 Å². The van der Waals surface area contributed by atoms with Crippen molar-refractivity contribution in [2.45, 2.75) is 13.8 Å². The number of hydrogen-bond acceptors (Lipinski definition) is 5. The van der Waals surface area contributed by atoms with E-state index in [1.165, 1.54) is 0 Å². The molecule has 0 fully saturated rings. The average molecular weight is 286 g/mol. The Bertz CT molecular complexity index is 545. The first-order chi connectivity index (χ1) is 9.18. The van der Waals surface area contributed by atoms with Crippen molar-refractivity contribution in [3.63, 3.8) is 0 Å². The molecule has 0 aromatic heterocycles. The Morgan fingerprint density at radius 2 is 2.10 bits per heavy atom. The minimum Gasteiger partial charge on any atom is -0.477 e. The maximum atomic E-state index is 13.7. The van der Waals surface area contributed by atoms with Gasteiger partial charge in [-0.2, -0.15) is 0 Å². The summed E-state index contributed by atoms with van der Waals surface area (Å²) in [5.41, 5.74) is -2.10. The smallest absolute Gasteiger partial charge is 0.342 e. The third kappa shape index (κ3) is 3.64. The second-order valence-electron chi connectivity index (χ2n) is 5.09. The highest BCUT2D eigenvalue weighted by Gasteiger charge is 2.24. The van der Waals surface area contributed by atoms with E-state index in [9.17, 15) is 19.3 Å². The Morgan fingerprint density at radius 1 is 1.50 bits per heavy atom. The third-order valence-corrected chi connectivity index (χ3v) is 2.70. The number of rotatable bonds is 6. The molecule has 0 saturated carbocycles. The Morgan fingerprint density at radius 3 is 2.55 bits per heavy atom. The fourth-order valence-electron chi connectivity index (χ4n) is 1.41. The minimum absolute atomic E-state index is 0.152. The van der Waals surface area contributed by atoms with Gasteiger partial charge in [-0.15, -0.1) is 0 Å². The molecular formula is C12H15FN2O5. The molecule has 0 aliphatic heterocycles. The number of carbonyl (C=O) groups is 1. The molecule has 0 radical (unpaired) electrons. The molecule has 0 unspecified atom stereocenters. The second kappa shape index (κ2) is 5.83. The van der Waals surface area contributed by atoms with E-state index in [4.69, 9.17) is 10.2 Å². The molecule has 0 aliphatic carbocycles. The molecule has 1 rings (SSSR count). The number of benzene rings is 1. The zero-order valence-electron chi connectivity index (χ0n) is 11.0. The molecule has 0 saturated heterocycles. The van der Waals surface area contributed by atoms with E-state index in [1.807, 2.05) is 0 Å². The van der Waals surface area contributed by atoms with Crippen molar-refractivity contribution in [2.24, 2.45) is 5.41 Å². The number of nitro groups is 1. The largest absolute Gasteiger partial charge is 0.477 e. The van der Waals surface area contributed by atoms with Gasteiger partial charge in [-0.3, -0.25) is 10.1 Å². The highest BCUT2D eigenvalue weighted by Crippen LogP contribution is 2.27. The predicted molar refractivity (Wildman–Crippen MR) is 69.4 cm³/mol. The van der Waals surface area contributed by atoms with Gasteiger partial charge < -0.3 is 15.5 Å². The van der Waals surface area contributed by atoms with Crippen molar-refractivity contribution in [3.05, 3.63) is 33.6 Å². The van der Waals surface area contributed by atoms with Gasteiger partial charge in [-0.25, -0.2) is 9.18 Å². The molecule has 8 heteroatoms. The number of anilines is 1. The highest BCUT2D eigenvalue weighted by atomic mass is 19.1. The summed E-state index contributed by atoms with van der Waals surface area (Å²) in [5, 5.41) is 31.3. The van der Waals surface area contributed by atoms with Gasteiger partial charge in [0.2, 0.25) is 0 Å². The predicted octanol–water partition coefficient (Wildman–Crippen LogP) is 1.86. The van der Waals surface area contributed by atoms with Gasteiger partial charge >= 0.3 is 5.97 Å². The lowest BCUT2D eigenvalue weighted by atomic mass is 9.95. The minimum atomic E-state index is -1.51. The van der Waals surface area contributed by atoms with Crippen molar-refractivity contribution in [3.8, 4) is 0 Å². The summed E-state index contributed by atoms with van der Waals surface area (Å²) in [6.45, 7) is 3.47. The molecule has 1 aromatic carbocycles. The van der Waals surface area contributed by atoms with Crippen LogP contribution in [0.15, 0.2) is 12.1 Å². The van der Waals surface area contributed by atoms with Crippen molar-refractivity contribution in [2.75, 3.05) is 18.5 Å². The standard InChI is InChI=1S/C12H15FN2O5/c1-12(2,6-16)5-14-9-3-7(11(17)18)10(15(19)20)4-8(9)13/h3-4,14,16H,5-6H2,1-2H3,(H,17,18). The van der Waals surface area contributed by atoms with Crippen molar-refractivity contribution in [1.29, 1.82) is 0 Å². The van der Waals surface area contributed by atoms with Crippen molar-refractivity contribution < 1.29 is 24.3 Å². The van der Waals surface area contributed by atoms with Crippen LogP contribution in [0.1, 0.15) is 24.2 Å². The lowest BCUT2D eigenvalue weighted by molar-refractivity contribution is -0.385. The number of aliphatic hydroxyl groups is 1. The van der Waals surface area contributed by atoms with Crippen LogP contribution in [-0.2, 0) is 0 Å². The summed E-state index contributed by atoms with van der Waals surface area (Å²) < 4.78 is 13.7. The van der Waals surface area contributed by atoms with E-state index in [-0.39, 0.29) is 18.8 Å². The van der Waals surface area contributed by atoms with Gasteiger partial charge in [0, 0.05) is 18.6 Å². The van der Waals surface area contributed by atoms with Crippen LogP contribution in [0, 0.1) is 21.3 Å².